The predicted octanol–water partition coefficient (Wildman–Crippen LogP) is 3.45. The summed E-state index contributed by atoms with van der Waals surface area (Å²) in [6.45, 7) is 6.88. The van der Waals surface area contributed by atoms with Gasteiger partial charge in [-0.15, -0.1) is 0 Å². The molecule has 33 heavy (non-hydrogen) atoms. The lowest BCUT2D eigenvalue weighted by Gasteiger charge is -2.34. The van der Waals surface area contributed by atoms with Crippen LogP contribution in [0.2, 0.25) is 0 Å². The topological polar surface area (TPSA) is 101 Å². The number of carbonyl (C=O) groups is 1. The summed E-state index contributed by atoms with van der Waals surface area (Å²) in [5.41, 5.74) is 4.08. The first-order valence-electron chi connectivity index (χ1n) is 11.7. The summed E-state index contributed by atoms with van der Waals surface area (Å²) in [6.07, 6.45) is 4.15. The van der Waals surface area contributed by atoms with E-state index in [1.54, 1.807) is 17.8 Å². The molecule has 2 fully saturated rings. The Balaban J connectivity index is 1.46. The van der Waals surface area contributed by atoms with E-state index in [1.165, 1.54) is 5.69 Å². The number of amides is 1. The summed E-state index contributed by atoms with van der Waals surface area (Å²) in [5.74, 6) is 0.599. The number of piperazine rings is 1. The highest BCUT2D eigenvalue weighted by atomic mass is 16.5. The van der Waals surface area contributed by atoms with Crippen molar-refractivity contribution < 1.29 is 14.3 Å². The zero-order valence-corrected chi connectivity index (χ0v) is 19.2. The molecule has 0 aliphatic carbocycles. The van der Waals surface area contributed by atoms with Crippen LogP contribution in [0.1, 0.15) is 32.4 Å². The van der Waals surface area contributed by atoms with Crippen LogP contribution < -0.4 is 10.2 Å². The Morgan fingerprint density at radius 1 is 1.27 bits per heavy atom. The Kier molecular flexibility index (Phi) is 6.19. The van der Waals surface area contributed by atoms with Crippen LogP contribution in [0.15, 0.2) is 24.4 Å². The SMILES string of the molecule is CCOC(=O)Nc1cn(C2CCCCO2)nc1-c1nc2ccc(N3CCN(C)CC3)cc2[nH]1. The number of benzene rings is 1. The number of carbonyl (C=O) groups excluding carboxylic acids is 1. The van der Waals surface area contributed by atoms with Crippen molar-refractivity contribution in [2.75, 3.05) is 56.7 Å². The maximum Gasteiger partial charge on any atom is 0.411 e. The average molecular weight is 454 g/mol. The van der Waals surface area contributed by atoms with Crippen LogP contribution in [0.3, 0.4) is 0 Å². The molecule has 0 radical (unpaired) electrons. The van der Waals surface area contributed by atoms with E-state index in [9.17, 15) is 4.79 Å². The molecule has 4 heterocycles. The van der Waals surface area contributed by atoms with Gasteiger partial charge in [0.25, 0.3) is 0 Å². The van der Waals surface area contributed by atoms with Gasteiger partial charge in [0.1, 0.15) is 6.23 Å². The number of H-pyrrole nitrogens is 1. The molecule has 2 aromatic heterocycles. The lowest BCUT2D eigenvalue weighted by atomic mass is 10.2. The summed E-state index contributed by atoms with van der Waals surface area (Å²) >= 11 is 0. The van der Waals surface area contributed by atoms with Gasteiger partial charge in [0, 0.05) is 38.5 Å². The monoisotopic (exact) mass is 453 g/mol. The lowest BCUT2D eigenvalue weighted by molar-refractivity contribution is -0.0393. The number of hydrogen-bond donors (Lipinski definition) is 2. The second-order valence-corrected chi connectivity index (χ2v) is 8.62. The maximum absolute atomic E-state index is 12.2. The molecule has 2 N–H and O–H groups in total. The van der Waals surface area contributed by atoms with Crippen molar-refractivity contribution in [1.82, 2.24) is 24.6 Å². The van der Waals surface area contributed by atoms with Gasteiger partial charge < -0.3 is 24.3 Å². The number of anilines is 2. The van der Waals surface area contributed by atoms with Gasteiger partial charge in [0.05, 0.1) is 29.5 Å². The Bertz CT molecular complexity index is 1110. The maximum atomic E-state index is 12.2. The number of nitrogens with zero attached hydrogens (tertiary/aromatic N) is 5. The van der Waals surface area contributed by atoms with Gasteiger partial charge in [-0.1, -0.05) is 0 Å². The van der Waals surface area contributed by atoms with Crippen molar-refractivity contribution in [2.24, 2.45) is 0 Å². The third-order valence-corrected chi connectivity index (χ3v) is 6.25. The molecule has 2 aliphatic rings. The number of aromatic amines is 1. The number of likely N-dealkylation sites (N-methyl/N-ethyl adjacent to an activating group) is 1. The van der Waals surface area contributed by atoms with Crippen molar-refractivity contribution in [1.29, 1.82) is 0 Å². The smallest absolute Gasteiger partial charge is 0.411 e. The van der Waals surface area contributed by atoms with Crippen LogP contribution in [-0.2, 0) is 9.47 Å². The number of fused-ring (bicyclic) bond motifs is 1. The van der Waals surface area contributed by atoms with Crippen molar-refractivity contribution in [3.63, 3.8) is 0 Å². The van der Waals surface area contributed by atoms with Gasteiger partial charge in [0.2, 0.25) is 0 Å². The molecule has 1 amide bonds. The van der Waals surface area contributed by atoms with Crippen molar-refractivity contribution in [2.45, 2.75) is 32.4 Å². The van der Waals surface area contributed by atoms with Gasteiger partial charge in [-0.2, -0.15) is 5.10 Å². The second kappa shape index (κ2) is 9.40. The minimum absolute atomic E-state index is 0.150. The molecule has 2 saturated heterocycles. The summed E-state index contributed by atoms with van der Waals surface area (Å²) in [6, 6.07) is 6.28. The van der Waals surface area contributed by atoms with Gasteiger partial charge in [-0.3, -0.25) is 5.32 Å². The molecule has 0 bridgehead atoms. The number of imidazole rings is 1. The Hall–Kier alpha value is -3.11. The van der Waals surface area contributed by atoms with E-state index >= 15 is 0 Å². The first kappa shape index (κ1) is 21.7. The quantitative estimate of drug-likeness (QED) is 0.610. The number of rotatable bonds is 5. The molecule has 0 saturated carbocycles. The van der Waals surface area contributed by atoms with Crippen molar-refractivity contribution in [3.8, 4) is 11.5 Å². The first-order valence-corrected chi connectivity index (χ1v) is 11.7. The summed E-state index contributed by atoms with van der Waals surface area (Å²) in [4.78, 5) is 25.1. The fourth-order valence-corrected chi connectivity index (χ4v) is 4.39. The van der Waals surface area contributed by atoms with Gasteiger partial charge in [0.15, 0.2) is 11.5 Å². The normalized spacial score (nSPS) is 19.7. The standard InChI is InChI=1S/C23H31N7O3/c1-3-32-23(31)26-19-15-30(20-6-4-5-13-33-20)27-21(19)22-24-17-8-7-16(14-18(17)25-22)29-11-9-28(2)10-12-29/h7-8,14-15,20H,3-6,9-13H2,1-2H3,(H,24,25)(H,26,31). The van der Waals surface area contributed by atoms with E-state index in [0.717, 1.165) is 56.5 Å². The fraction of sp³-hybridized carbons (Fsp3) is 0.522. The average Bonchev–Trinajstić information content (AvgIpc) is 3.44. The Morgan fingerprint density at radius 3 is 2.88 bits per heavy atom. The molecule has 2 aliphatic heterocycles. The Morgan fingerprint density at radius 2 is 2.12 bits per heavy atom. The highest BCUT2D eigenvalue weighted by molar-refractivity contribution is 5.91. The highest BCUT2D eigenvalue weighted by Gasteiger charge is 2.23. The third-order valence-electron chi connectivity index (χ3n) is 6.25. The van der Waals surface area contributed by atoms with Crippen molar-refractivity contribution >= 4 is 28.5 Å². The van der Waals surface area contributed by atoms with Gasteiger partial charge in [-0.25, -0.2) is 14.5 Å². The Labute approximate surface area is 192 Å². The largest absolute Gasteiger partial charge is 0.450 e. The van der Waals surface area contributed by atoms with Crippen LogP contribution in [0.25, 0.3) is 22.6 Å². The molecule has 0 spiro atoms. The van der Waals surface area contributed by atoms with Gasteiger partial charge >= 0.3 is 6.09 Å². The number of ether oxygens (including phenoxy) is 2. The third kappa shape index (κ3) is 4.67. The molecule has 1 aromatic carbocycles. The molecule has 5 rings (SSSR count). The zero-order chi connectivity index (χ0) is 22.8. The van der Waals surface area contributed by atoms with Crippen LogP contribution >= 0.6 is 0 Å². The zero-order valence-electron chi connectivity index (χ0n) is 19.2. The van der Waals surface area contributed by atoms with E-state index in [4.69, 9.17) is 19.6 Å². The van der Waals surface area contributed by atoms with E-state index in [0.29, 0.717) is 30.4 Å². The van der Waals surface area contributed by atoms with Crippen LogP contribution in [0, 0.1) is 0 Å². The summed E-state index contributed by atoms with van der Waals surface area (Å²) in [7, 11) is 2.15. The van der Waals surface area contributed by atoms with Crippen molar-refractivity contribution in [3.05, 3.63) is 24.4 Å². The van der Waals surface area contributed by atoms with Gasteiger partial charge in [-0.05, 0) is 51.4 Å². The molecule has 1 unspecified atom stereocenters. The van der Waals surface area contributed by atoms with Crippen LogP contribution in [-0.4, -0.2) is 77.2 Å². The van der Waals surface area contributed by atoms with E-state index in [2.05, 4.69) is 39.3 Å². The van der Waals surface area contributed by atoms with Crippen LogP contribution in [0.5, 0.6) is 0 Å². The van der Waals surface area contributed by atoms with E-state index in [-0.39, 0.29) is 6.23 Å². The minimum Gasteiger partial charge on any atom is -0.450 e. The summed E-state index contributed by atoms with van der Waals surface area (Å²) in [5, 5.41) is 7.55. The van der Waals surface area contributed by atoms with Crippen LogP contribution in [0.4, 0.5) is 16.2 Å². The molecular weight excluding hydrogens is 422 g/mol. The lowest BCUT2D eigenvalue weighted by Crippen LogP contribution is -2.44. The molecule has 1 atom stereocenters. The molecule has 10 heteroatoms. The predicted molar refractivity (Wildman–Crippen MR) is 127 cm³/mol. The minimum atomic E-state index is -0.517. The first-order chi connectivity index (χ1) is 16.1. The fourth-order valence-electron chi connectivity index (χ4n) is 4.39. The number of aromatic nitrogens is 4. The molecule has 176 valence electrons. The molecular formula is C23H31N7O3. The highest BCUT2D eigenvalue weighted by Crippen LogP contribution is 2.31. The number of hydrogen-bond acceptors (Lipinski definition) is 7. The van der Waals surface area contributed by atoms with E-state index in [1.807, 2.05) is 6.07 Å². The molecule has 10 nitrogen and oxygen atoms in total. The number of nitrogens with one attached hydrogen (secondary N) is 2. The van der Waals surface area contributed by atoms with E-state index < -0.39 is 6.09 Å². The second-order valence-electron chi connectivity index (χ2n) is 8.62. The summed E-state index contributed by atoms with van der Waals surface area (Å²) < 4.78 is 12.7. The molecule has 3 aromatic rings.